The molecule has 148 valence electrons. The molecule has 0 unspecified atom stereocenters. The highest BCUT2D eigenvalue weighted by atomic mass is 16.6. The SMILES string of the molecule is O=C(Nc1cccc(COCC2CC2)c1)c1ccn(-c2cccc([N+](=O)[O-])c2)n1. The summed E-state index contributed by atoms with van der Waals surface area (Å²) in [7, 11) is 0. The number of anilines is 1. The van der Waals surface area contributed by atoms with Crippen LogP contribution in [0.4, 0.5) is 11.4 Å². The molecule has 0 aliphatic heterocycles. The van der Waals surface area contributed by atoms with Crippen LogP contribution in [0.25, 0.3) is 5.69 Å². The molecule has 8 heteroatoms. The highest BCUT2D eigenvalue weighted by molar-refractivity contribution is 6.02. The van der Waals surface area contributed by atoms with Gasteiger partial charge in [0.2, 0.25) is 0 Å². The second kappa shape index (κ2) is 8.24. The summed E-state index contributed by atoms with van der Waals surface area (Å²) in [6.07, 6.45) is 4.09. The van der Waals surface area contributed by atoms with Crippen LogP contribution in [0.2, 0.25) is 0 Å². The molecule has 29 heavy (non-hydrogen) atoms. The first-order valence-electron chi connectivity index (χ1n) is 9.37. The molecule has 3 aromatic rings. The number of non-ortho nitro benzene ring substituents is 1. The van der Waals surface area contributed by atoms with Crippen LogP contribution in [0.1, 0.15) is 28.9 Å². The van der Waals surface area contributed by atoms with Crippen molar-refractivity contribution in [1.29, 1.82) is 0 Å². The lowest BCUT2D eigenvalue weighted by atomic mass is 10.2. The number of rotatable bonds is 8. The number of ether oxygens (including phenoxy) is 1. The van der Waals surface area contributed by atoms with Crippen LogP contribution in [-0.4, -0.2) is 27.2 Å². The first-order chi connectivity index (χ1) is 14.1. The van der Waals surface area contributed by atoms with E-state index in [1.807, 2.05) is 18.2 Å². The standard InChI is InChI=1S/C21H20N4O4/c26-21(22-17-4-1-3-16(11-17)14-29-13-15-7-8-15)20-9-10-24(23-20)18-5-2-6-19(12-18)25(27)28/h1-6,9-12,15H,7-8,13-14H2,(H,22,26). The zero-order valence-electron chi connectivity index (χ0n) is 15.7. The maximum absolute atomic E-state index is 12.5. The molecule has 1 aromatic heterocycles. The van der Waals surface area contributed by atoms with Crippen molar-refractivity contribution in [2.75, 3.05) is 11.9 Å². The summed E-state index contributed by atoms with van der Waals surface area (Å²) in [5, 5.41) is 18.0. The first kappa shape index (κ1) is 18.8. The molecule has 1 saturated carbocycles. The van der Waals surface area contributed by atoms with Crippen molar-refractivity contribution in [3.05, 3.63) is 82.2 Å². The fraction of sp³-hybridized carbons (Fsp3) is 0.238. The van der Waals surface area contributed by atoms with Crippen molar-refractivity contribution in [3.8, 4) is 5.69 Å². The average Bonchev–Trinajstić information content (AvgIpc) is 3.40. The highest BCUT2D eigenvalue weighted by Crippen LogP contribution is 2.29. The van der Waals surface area contributed by atoms with E-state index in [1.165, 1.54) is 29.7 Å². The summed E-state index contributed by atoms with van der Waals surface area (Å²) in [6.45, 7) is 1.30. The summed E-state index contributed by atoms with van der Waals surface area (Å²) in [4.78, 5) is 23.0. The molecule has 4 rings (SSSR count). The van der Waals surface area contributed by atoms with Gasteiger partial charge < -0.3 is 10.1 Å². The monoisotopic (exact) mass is 392 g/mol. The van der Waals surface area contributed by atoms with Crippen LogP contribution in [0.5, 0.6) is 0 Å². The second-order valence-corrected chi connectivity index (χ2v) is 7.04. The summed E-state index contributed by atoms with van der Waals surface area (Å²) in [5.74, 6) is 0.351. The van der Waals surface area contributed by atoms with Crippen molar-refractivity contribution in [3.63, 3.8) is 0 Å². The van der Waals surface area contributed by atoms with Crippen LogP contribution in [-0.2, 0) is 11.3 Å². The van der Waals surface area contributed by atoms with Gasteiger partial charge in [0.1, 0.15) is 0 Å². The molecule has 8 nitrogen and oxygen atoms in total. The maximum Gasteiger partial charge on any atom is 0.276 e. The summed E-state index contributed by atoms with van der Waals surface area (Å²) in [5.41, 5.74) is 2.34. The van der Waals surface area contributed by atoms with Gasteiger partial charge in [-0.2, -0.15) is 5.10 Å². The lowest BCUT2D eigenvalue weighted by Gasteiger charge is -2.07. The lowest BCUT2D eigenvalue weighted by molar-refractivity contribution is -0.384. The number of aromatic nitrogens is 2. The van der Waals surface area contributed by atoms with Gasteiger partial charge in [-0.3, -0.25) is 14.9 Å². The van der Waals surface area contributed by atoms with Gasteiger partial charge in [-0.05, 0) is 48.6 Å². The van der Waals surface area contributed by atoms with Crippen molar-refractivity contribution in [1.82, 2.24) is 9.78 Å². The molecule has 1 amide bonds. The molecule has 0 spiro atoms. The largest absolute Gasteiger partial charge is 0.376 e. The third-order valence-corrected chi connectivity index (χ3v) is 4.63. The van der Waals surface area contributed by atoms with Crippen LogP contribution in [0.3, 0.4) is 0 Å². The van der Waals surface area contributed by atoms with Gasteiger partial charge in [-0.15, -0.1) is 0 Å². The number of carbonyl (C=O) groups excluding carboxylic acids is 1. The first-order valence-corrected chi connectivity index (χ1v) is 9.37. The Bertz CT molecular complexity index is 1040. The Morgan fingerprint density at radius 1 is 1.21 bits per heavy atom. The molecule has 1 aliphatic carbocycles. The zero-order valence-corrected chi connectivity index (χ0v) is 15.7. The molecular weight excluding hydrogens is 372 g/mol. The Balaban J connectivity index is 1.41. The maximum atomic E-state index is 12.5. The van der Waals surface area contributed by atoms with E-state index in [-0.39, 0.29) is 17.3 Å². The molecule has 1 fully saturated rings. The number of benzene rings is 2. The van der Waals surface area contributed by atoms with Crippen molar-refractivity contribution in [2.45, 2.75) is 19.4 Å². The molecule has 1 aliphatic rings. The number of nitro benzene ring substituents is 1. The number of carbonyl (C=O) groups is 1. The number of hydrogen-bond donors (Lipinski definition) is 1. The van der Waals surface area contributed by atoms with Crippen molar-refractivity contribution < 1.29 is 14.5 Å². The average molecular weight is 392 g/mol. The molecule has 1 heterocycles. The molecule has 1 N–H and O–H groups in total. The smallest absolute Gasteiger partial charge is 0.276 e. The Morgan fingerprint density at radius 2 is 2.03 bits per heavy atom. The number of amides is 1. The molecule has 0 saturated heterocycles. The Labute approximate surface area is 167 Å². The van der Waals surface area contributed by atoms with E-state index in [0.29, 0.717) is 23.9 Å². The third-order valence-electron chi connectivity index (χ3n) is 4.63. The van der Waals surface area contributed by atoms with Crippen LogP contribution in [0.15, 0.2) is 60.8 Å². The predicted octanol–water partition coefficient (Wildman–Crippen LogP) is 3.96. The third kappa shape index (κ3) is 4.85. The van der Waals surface area contributed by atoms with Crippen LogP contribution >= 0.6 is 0 Å². The lowest BCUT2D eigenvalue weighted by Crippen LogP contribution is -2.13. The number of nitrogens with one attached hydrogen (secondary N) is 1. The molecule has 2 aromatic carbocycles. The minimum atomic E-state index is -0.470. The normalized spacial score (nSPS) is 13.2. The minimum absolute atomic E-state index is 0.0373. The molecule has 0 radical (unpaired) electrons. The Hall–Kier alpha value is -3.52. The number of nitrogens with zero attached hydrogens (tertiary/aromatic N) is 3. The number of hydrogen-bond acceptors (Lipinski definition) is 5. The molecule has 0 atom stereocenters. The predicted molar refractivity (Wildman–Crippen MR) is 107 cm³/mol. The van der Waals surface area contributed by atoms with E-state index in [0.717, 1.165) is 12.2 Å². The van der Waals surface area contributed by atoms with Crippen LogP contribution < -0.4 is 5.32 Å². The van der Waals surface area contributed by atoms with Crippen LogP contribution in [0, 0.1) is 16.0 Å². The van der Waals surface area contributed by atoms with Gasteiger partial charge in [-0.1, -0.05) is 18.2 Å². The second-order valence-electron chi connectivity index (χ2n) is 7.04. The van der Waals surface area contributed by atoms with E-state index in [1.54, 1.807) is 30.5 Å². The fourth-order valence-electron chi connectivity index (χ4n) is 2.90. The van der Waals surface area contributed by atoms with Crippen molar-refractivity contribution >= 4 is 17.3 Å². The summed E-state index contributed by atoms with van der Waals surface area (Å²) < 4.78 is 7.13. The Kier molecular flexibility index (Phi) is 5.35. The van der Waals surface area contributed by atoms with Gasteiger partial charge in [0, 0.05) is 30.6 Å². The topological polar surface area (TPSA) is 99.3 Å². The van der Waals surface area contributed by atoms with Gasteiger partial charge in [0.15, 0.2) is 5.69 Å². The zero-order chi connectivity index (χ0) is 20.2. The summed E-state index contributed by atoms with van der Waals surface area (Å²) in [6, 6.07) is 15.1. The number of nitro groups is 1. The van der Waals surface area contributed by atoms with Gasteiger partial charge in [-0.25, -0.2) is 4.68 Å². The Morgan fingerprint density at radius 3 is 2.83 bits per heavy atom. The van der Waals surface area contributed by atoms with Crippen molar-refractivity contribution in [2.24, 2.45) is 5.92 Å². The molecular formula is C21H20N4O4. The van der Waals surface area contributed by atoms with E-state index in [9.17, 15) is 14.9 Å². The van der Waals surface area contributed by atoms with E-state index >= 15 is 0 Å². The minimum Gasteiger partial charge on any atom is -0.376 e. The van der Waals surface area contributed by atoms with Gasteiger partial charge >= 0.3 is 0 Å². The van der Waals surface area contributed by atoms with E-state index in [2.05, 4.69) is 10.4 Å². The van der Waals surface area contributed by atoms with E-state index in [4.69, 9.17) is 4.74 Å². The van der Waals surface area contributed by atoms with Gasteiger partial charge in [0.25, 0.3) is 11.6 Å². The van der Waals surface area contributed by atoms with E-state index < -0.39 is 4.92 Å². The fourth-order valence-corrected chi connectivity index (χ4v) is 2.90. The van der Waals surface area contributed by atoms with Gasteiger partial charge in [0.05, 0.1) is 17.2 Å². The highest BCUT2D eigenvalue weighted by Gasteiger charge is 2.21. The quantitative estimate of drug-likeness (QED) is 0.462. The molecule has 0 bridgehead atoms. The summed E-state index contributed by atoms with van der Waals surface area (Å²) >= 11 is 0.